The summed E-state index contributed by atoms with van der Waals surface area (Å²) >= 11 is 1.51. The van der Waals surface area contributed by atoms with Crippen LogP contribution in [0.25, 0.3) is 10.2 Å². The van der Waals surface area contributed by atoms with Gasteiger partial charge in [0.1, 0.15) is 5.82 Å². The minimum atomic E-state index is -0.800. The maximum absolute atomic E-state index is 10.9. The van der Waals surface area contributed by atoms with E-state index in [1.807, 2.05) is 42.5 Å². The number of aryl methyl sites for hydroxylation is 1. The highest BCUT2D eigenvalue weighted by atomic mass is 32.1. The Morgan fingerprint density at radius 1 is 0.972 bits per heavy atom. The summed E-state index contributed by atoms with van der Waals surface area (Å²) < 4.78 is 0.998. The van der Waals surface area contributed by atoms with Crippen molar-refractivity contribution in [1.29, 1.82) is 0 Å². The van der Waals surface area contributed by atoms with Crippen molar-refractivity contribution < 1.29 is 15.0 Å². The normalized spacial score (nSPS) is 17.7. The van der Waals surface area contributed by atoms with Crippen LogP contribution >= 0.6 is 11.3 Å². The summed E-state index contributed by atoms with van der Waals surface area (Å²) in [6, 6.07) is 18.3. The van der Waals surface area contributed by atoms with Crippen molar-refractivity contribution in [3.05, 3.63) is 71.4 Å². The largest absolute Gasteiger partial charge is 0.481 e. The Morgan fingerprint density at radius 3 is 2.56 bits per heavy atom. The van der Waals surface area contributed by atoms with Crippen LogP contribution in [0.1, 0.15) is 48.9 Å². The van der Waals surface area contributed by atoms with E-state index in [1.165, 1.54) is 16.9 Å². The molecule has 0 atom stereocenters. The number of aliphatic carboxylic acids is 1. The molecule has 2 aromatic carbocycles. The molecule has 36 heavy (non-hydrogen) atoms. The summed E-state index contributed by atoms with van der Waals surface area (Å²) in [5.41, 5.74) is 3.91. The average molecular weight is 504 g/mol. The molecule has 4 aromatic rings. The van der Waals surface area contributed by atoms with E-state index in [1.54, 1.807) is 0 Å². The SMILES string of the molecule is O=C(O)CCc1ccc2nc(Nc3cc(Cc4ccccc4)nc(N[C@H]4CC[C@H](O)CC4)n3)sc2c1. The van der Waals surface area contributed by atoms with Crippen LogP contribution in [0.2, 0.25) is 0 Å². The molecule has 186 valence electrons. The van der Waals surface area contributed by atoms with Gasteiger partial charge in [0.2, 0.25) is 5.95 Å². The number of hydrogen-bond acceptors (Lipinski definition) is 8. The molecule has 8 nitrogen and oxygen atoms in total. The lowest BCUT2D eigenvalue weighted by Gasteiger charge is -2.26. The van der Waals surface area contributed by atoms with Crippen LogP contribution in [0.4, 0.5) is 16.9 Å². The lowest BCUT2D eigenvalue weighted by atomic mass is 9.93. The van der Waals surface area contributed by atoms with Gasteiger partial charge in [0.15, 0.2) is 5.13 Å². The van der Waals surface area contributed by atoms with Crippen LogP contribution in [0.15, 0.2) is 54.6 Å². The number of hydrogen-bond donors (Lipinski definition) is 4. The first-order valence-electron chi connectivity index (χ1n) is 12.2. The van der Waals surface area contributed by atoms with Gasteiger partial charge in [-0.05, 0) is 55.4 Å². The fourth-order valence-electron chi connectivity index (χ4n) is 4.46. The fraction of sp³-hybridized carbons (Fsp3) is 0.333. The van der Waals surface area contributed by atoms with E-state index in [4.69, 9.17) is 20.1 Å². The van der Waals surface area contributed by atoms with E-state index in [2.05, 4.69) is 22.8 Å². The van der Waals surface area contributed by atoms with Gasteiger partial charge in [-0.2, -0.15) is 4.98 Å². The number of carbonyl (C=O) groups is 1. The lowest BCUT2D eigenvalue weighted by Crippen LogP contribution is -2.29. The number of nitrogens with zero attached hydrogens (tertiary/aromatic N) is 3. The van der Waals surface area contributed by atoms with Crippen LogP contribution in [-0.2, 0) is 17.6 Å². The molecule has 0 aliphatic heterocycles. The summed E-state index contributed by atoms with van der Waals surface area (Å²) in [6.45, 7) is 0. The van der Waals surface area contributed by atoms with Crippen LogP contribution < -0.4 is 10.6 Å². The molecule has 0 spiro atoms. The lowest BCUT2D eigenvalue weighted by molar-refractivity contribution is -0.136. The zero-order valence-electron chi connectivity index (χ0n) is 19.9. The second kappa shape index (κ2) is 11.0. The van der Waals surface area contributed by atoms with E-state index in [-0.39, 0.29) is 18.6 Å². The Hall–Kier alpha value is -3.56. The second-order valence-electron chi connectivity index (χ2n) is 9.22. The van der Waals surface area contributed by atoms with Crippen molar-refractivity contribution in [2.75, 3.05) is 10.6 Å². The molecule has 2 aromatic heterocycles. The van der Waals surface area contributed by atoms with E-state index in [9.17, 15) is 9.90 Å². The molecule has 1 saturated carbocycles. The number of aliphatic hydroxyl groups is 1. The Morgan fingerprint density at radius 2 is 1.78 bits per heavy atom. The summed E-state index contributed by atoms with van der Waals surface area (Å²) in [6.07, 6.45) is 4.41. The Balaban J connectivity index is 1.38. The molecular weight excluding hydrogens is 474 g/mol. The van der Waals surface area contributed by atoms with Gasteiger partial charge in [-0.25, -0.2) is 9.97 Å². The number of thiazole rings is 1. The Kier molecular flexibility index (Phi) is 7.39. The molecule has 4 N–H and O–H groups in total. The second-order valence-corrected chi connectivity index (χ2v) is 10.3. The quantitative estimate of drug-likeness (QED) is 0.247. The zero-order valence-corrected chi connectivity index (χ0v) is 20.7. The van der Waals surface area contributed by atoms with Crippen molar-refractivity contribution >= 4 is 44.4 Å². The summed E-state index contributed by atoms with van der Waals surface area (Å²) in [5.74, 6) is 0.439. The van der Waals surface area contributed by atoms with Gasteiger partial charge in [-0.1, -0.05) is 47.7 Å². The van der Waals surface area contributed by atoms with E-state index < -0.39 is 5.97 Å². The molecule has 0 saturated heterocycles. The third-order valence-corrected chi connectivity index (χ3v) is 7.29. The maximum atomic E-state index is 10.9. The molecule has 5 rings (SSSR count). The van der Waals surface area contributed by atoms with Crippen LogP contribution in [0.5, 0.6) is 0 Å². The molecule has 0 radical (unpaired) electrons. The van der Waals surface area contributed by atoms with E-state index in [0.29, 0.717) is 24.6 Å². The molecule has 1 aliphatic carbocycles. The van der Waals surface area contributed by atoms with Gasteiger partial charge in [0.25, 0.3) is 0 Å². The number of rotatable bonds is 9. The molecule has 0 amide bonds. The van der Waals surface area contributed by atoms with E-state index >= 15 is 0 Å². The monoisotopic (exact) mass is 503 g/mol. The summed E-state index contributed by atoms with van der Waals surface area (Å²) in [5, 5.41) is 26.3. The number of carboxylic acid groups (broad SMARTS) is 1. The van der Waals surface area contributed by atoms with E-state index in [0.717, 1.165) is 52.3 Å². The Labute approximate surface area is 213 Å². The highest BCUT2D eigenvalue weighted by molar-refractivity contribution is 7.22. The molecule has 2 heterocycles. The number of nitrogens with one attached hydrogen (secondary N) is 2. The van der Waals surface area contributed by atoms with Crippen LogP contribution in [0.3, 0.4) is 0 Å². The molecule has 0 bridgehead atoms. The number of carboxylic acids is 1. The third-order valence-electron chi connectivity index (χ3n) is 6.35. The van der Waals surface area contributed by atoms with Crippen LogP contribution in [0, 0.1) is 0 Å². The van der Waals surface area contributed by atoms with Crippen LogP contribution in [-0.4, -0.2) is 43.3 Å². The smallest absolute Gasteiger partial charge is 0.303 e. The minimum absolute atomic E-state index is 0.107. The maximum Gasteiger partial charge on any atom is 0.303 e. The summed E-state index contributed by atoms with van der Waals surface area (Å²) in [7, 11) is 0. The standard InChI is InChI=1S/C27H29N5O3S/c33-21-10-8-19(9-11-21)28-26-29-20(14-17-4-2-1-3-5-17)16-24(31-26)32-27-30-22-12-6-18(7-13-25(34)35)15-23(22)36-27/h1-6,12,15-16,19,21,33H,7-11,13-14H2,(H,34,35)(H2,28,29,30,31,32)/t19-,21-. The van der Waals surface area contributed by atoms with Gasteiger partial charge in [0, 0.05) is 24.9 Å². The summed E-state index contributed by atoms with van der Waals surface area (Å²) in [4.78, 5) is 25.1. The Bertz CT molecular complexity index is 1340. The van der Waals surface area contributed by atoms with Crippen molar-refractivity contribution in [3.63, 3.8) is 0 Å². The van der Waals surface area contributed by atoms with Gasteiger partial charge >= 0.3 is 5.97 Å². The fourth-order valence-corrected chi connectivity index (χ4v) is 5.40. The number of benzene rings is 2. The van der Waals surface area contributed by atoms with Crippen molar-refractivity contribution in [2.45, 2.75) is 57.1 Å². The van der Waals surface area contributed by atoms with Gasteiger partial charge < -0.3 is 20.8 Å². The predicted molar refractivity (Wildman–Crippen MR) is 142 cm³/mol. The average Bonchev–Trinajstić information content (AvgIpc) is 3.26. The zero-order chi connectivity index (χ0) is 24.9. The highest BCUT2D eigenvalue weighted by Crippen LogP contribution is 2.30. The molecule has 1 aliphatic rings. The molecule has 1 fully saturated rings. The highest BCUT2D eigenvalue weighted by Gasteiger charge is 2.20. The van der Waals surface area contributed by atoms with Crippen molar-refractivity contribution in [3.8, 4) is 0 Å². The topological polar surface area (TPSA) is 120 Å². The number of aromatic nitrogens is 3. The van der Waals surface area contributed by atoms with Gasteiger partial charge in [0.05, 0.1) is 22.0 Å². The number of aliphatic hydroxyl groups excluding tert-OH is 1. The molecule has 0 unspecified atom stereocenters. The first kappa shape index (κ1) is 24.1. The molecular formula is C27H29N5O3S. The van der Waals surface area contributed by atoms with Gasteiger partial charge in [-0.15, -0.1) is 0 Å². The number of fused-ring (bicyclic) bond motifs is 1. The number of anilines is 3. The first-order chi connectivity index (χ1) is 17.5. The minimum Gasteiger partial charge on any atom is -0.481 e. The predicted octanol–water partition coefficient (Wildman–Crippen LogP) is 5.15. The van der Waals surface area contributed by atoms with Crippen molar-refractivity contribution in [2.24, 2.45) is 0 Å². The first-order valence-corrected chi connectivity index (χ1v) is 13.1. The third kappa shape index (κ3) is 6.35. The molecule has 9 heteroatoms. The van der Waals surface area contributed by atoms with Gasteiger partial charge in [-0.3, -0.25) is 4.79 Å². The van der Waals surface area contributed by atoms with Crippen molar-refractivity contribution in [1.82, 2.24) is 15.0 Å².